The van der Waals surface area contributed by atoms with E-state index in [9.17, 15) is 14.0 Å². The molecule has 1 aliphatic rings. The Labute approximate surface area is 167 Å². The lowest BCUT2D eigenvalue weighted by Crippen LogP contribution is -2.11. The summed E-state index contributed by atoms with van der Waals surface area (Å²) < 4.78 is 24.2. The maximum Gasteiger partial charge on any atom is 0.315 e. The third-order valence-corrected chi connectivity index (χ3v) is 4.53. The molecule has 0 aromatic heterocycles. The Kier molecular flexibility index (Phi) is 4.96. The maximum atomic E-state index is 13.1. The number of carbonyl (C=O) groups excluding carboxylic acids is 2. The summed E-state index contributed by atoms with van der Waals surface area (Å²) in [7, 11) is 0. The molecule has 0 spiro atoms. The first-order valence-corrected chi connectivity index (χ1v) is 9.08. The molecule has 0 unspecified atom stereocenters. The molecular formula is C24H17FO4. The van der Waals surface area contributed by atoms with Crippen molar-refractivity contribution in [1.29, 1.82) is 0 Å². The summed E-state index contributed by atoms with van der Waals surface area (Å²) in [5.41, 5.74) is 2.58. The molecule has 3 aromatic carbocycles. The smallest absolute Gasteiger partial charge is 0.315 e. The molecule has 0 amide bonds. The molecule has 0 bridgehead atoms. The summed E-state index contributed by atoms with van der Waals surface area (Å²) in [4.78, 5) is 24.9. The van der Waals surface area contributed by atoms with Crippen LogP contribution in [0.25, 0.3) is 6.08 Å². The number of benzene rings is 3. The standard InChI is InChI=1S/C24H17FO4/c1-15-11-19(28-22(26)13-16-5-3-2-4-6-16)14-20-23(15)24(27)21(29-20)12-17-7-9-18(25)10-8-17/h2-12,14H,13H2,1H3/b21-12-. The van der Waals surface area contributed by atoms with Crippen molar-refractivity contribution in [2.45, 2.75) is 13.3 Å². The van der Waals surface area contributed by atoms with Crippen molar-refractivity contribution >= 4 is 17.8 Å². The van der Waals surface area contributed by atoms with Crippen LogP contribution in [0.4, 0.5) is 4.39 Å². The van der Waals surface area contributed by atoms with E-state index in [4.69, 9.17) is 9.47 Å². The molecule has 1 heterocycles. The summed E-state index contributed by atoms with van der Waals surface area (Å²) in [5.74, 6) is -0.218. The molecule has 3 aromatic rings. The number of fused-ring (bicyclic) bond motifs is 1. The van der Waals surface area contributed by atoms with Crippen LogP contribution in [0.5, 0.6) is 11.5 Å². The number of hydrogen-bond donors (Lipinski definition) is 0. The lowest BCUT2D eigenvalue weighted by molar-refractivity contribution is -0.133. The molecule has 5 heteroatoms. The van der Waals surface area contributed by atoms with E-state index in [1.165, 1.54) is 18.2 Å². The number of Topliss-reactive ketones (excluding diaryl/α,β-unsaturated/α-hetero) is 1. The van der Waals surface area contributed by atoms with E-state index < -0.39 is 5.97 Å². The van der Waals surface area contributed by atoms with E-state index in [1.54, 1.807) is 31.2 Å². The Balaban J connectivity index is 1.54. The van der Waals surface area contributed by atoms with Crippen LogP contribution in [0.3, 0.4) is 0 Å². The van der Waals surface area contributed by atoms with Crippen molar-refractivity contribution < 1.29 is 23.5 Å². The monoisotopic (exact) mass is 388 g/mol. The number of aryl methyl sites for hydroxylation is 1. The van der Waals surface area contributed by atoms with Gasteiger partial charge in [0.25, 0.3) is 0 Å². The Morgan fingerprint density at radius 3 is 2.52 bits per heavy atom. The van der Waals surface area contributed by atoms with Crippen LogP contribution < -0.4 is 9.47 Å². The third-order valence-electron chi connectivity index (χ3n) is 4.53. The minimum Gasteiger partial charge on any atom is -0.452 e. The lowest BCUT2D eigenvalue weighted by Gasteiger charge is -2.08. The fraction of sp³-hybridized carbons (Fsp3) is 0.0833. The van der Waals surface area contributed by atoms with E-state index in [0.29, 0.717) is 28.2 Å². The van der Waals surface area contributed by atoms with Gasteiger partial charge in [-0.05, 0) is 47.9 Å². The van der Waals surface area contributed by atoms with Gasteiger partial charge in [0, 0.05) is 6.07 Å². The highest BCUT2D eigenvalue weighted by molar-refractivity contribution is 6.15. The summed E-state index contributed by atoms with van der Waals surface area (Å²) in [5, 5.41) is 0. The predicted octanol–water partition coefficient (Wildman–Crippen LogP) is 4.90. The van der Waals surface area contributed by atoms with Gasteiger partial charge < -0.3 is 9.47 Å². The van der Waals surface area contributed by atoms with Gasteiger partial charge in [-0.25, -0.2) is 4.39 Å². The van der Waals surface area contributed by atoms with Gasteiger partial charge in [-0.3, -0.25) is 9.59 Å². The van der Waals surface area contributed by atoms with Gasteiger partial charge in [-0.2, -0.15) is 0 Å². The molecule has 0 radical (unpaired) electrons. The van der Waals surface area contributed by atoms with Crippen molar-refractivity contribution in [1.82, 2.24) is 0 Å². The Morgan fingerprint density at radius 1 is 1.07 bits per heavy atom. The predicted molar refractivity (Wildman–Crippen MR) is 106 cm³/mol. The fourth-order valence-electron chi connectivity index (χ4n) is 3.18. The zero-order valence-corrected chi connectivity index (χ0v) is 15.6. The van der Waals surface area contributed by atoms with Crippen molar-refractivity contribution in [2.75, 3.05) is 0 Å². The first-order chi connectivity index (χ1) is 14.0. The van der Waals surface area contributed by atoms with Crippen LogP contribution in [0.1, 0.15) is 27.0 Å². The van der Waals surface area contributed by atoms with Crippen LogP contribution in [0.2, 0.25) is 0 Å². The van der Waals surface area contributed by atoms with Crippen molar-refractivity contribution in [3.8, 4) is 11.5 Å². The molecule has 4 nitrogen and oxygen atoms in total. The second-order valence-corrected chi connectivity index (χ2v) is 6.74. The Hall–Kier alpha value is -3.73. The normalized spacial score (nSPS) is 13.9. The average Bonchev–Trinajstić information content (AvgIpc) is 3.00. The summed E-state index contributed by atoms with van der Waals surface area (Å²) in [6.07, 6.45) is 1.70. The first-order valence-electron chi connectivity index (χ1n) is 9.08. The number of carbonyl (C=O) groups is 2. The average molecular weight is 388 g/mol. The first kappa shape index (κ1) is 18.6. The molecule has 29 heavy (non-hydrogen) atoms. The molecule has 0 saturated carbocycles. The van der Waals surface area contributed by atoms with Crippen LogP contribution in [0, 0.1) is 12.7 Å². The third kappa shape index (κ3) is 4.09. The van der Waals surface area contributed by atoms with Crippen LogP contribution in [-0.4, -0.2) is 11.8 Å². The van der Waals surface area contributed by atoms with Crippen LogP contribution in [-0.2, 0) is 11.2 Å². The number of allylic oxidation sites excluding steroid dienone is 1. The van der Waals surface area contributed by atoms with Crippen molar-refractivity contribution in [3.05, 3.63) is 101 Å². The SMILES string of the molecule is Cc1cc(OC(=O)Cc2ccccc2)cc2c1C(=O)/C(=C/c1ccc(F)cc1)O2. The van der Waals surface area contributed by atoms with Gasteiger partial charge in [0.05, 0.1) is 12.0 Å². The molecule has 0 saturated heterocycles. The highest BCUT2D eigenvalue weighted by Gasteiger charge is 2.30. The Morgan fingerprint density at radius 2 is 1.79 bits per heavy atom. The molecule has 144 valence electrons. The zero-order valence-electron chi connectivity index (χ0n) is 15.6. The summed E-state index contributed by atoms with van der Waals surface area (Å²) in [6.45, 7) is 1.76. The Bertz CT molecular complexity index is 1120. The summed E-state index contributed by atoms with van der Waals surface area (Å²) >= 11 is 0. The van der Waals surface area contributed by atoms with Crippen LogP contribution in [0.15, 0.2) is 72.5 Å². The minimum atomic E-state index is -0.401. The van der Waals surface area contributed by atoms with Crippen LogP contribution >= 0.6 is 0 Å². The van der Waals surface area contributed by atoms with E-state index >= 15 is 0 Å². The minimum absolute atomic E-state index is 0.141. The van der Waals surface area contributed by atoms with Gasteiger partial charge in [0.1, 0.15) is 17.3 Å². The van der Waals surface area contributed by atoms with E-state index in [-0.39, 0.29) is 23.8 Å². The van der Waals surface area contributed by atoms with Gasteiger partial charge in [-0.15, -0.1) is 0 Å². The molecule has 0 atom stereocenters. The van der Waals surface area contributed by atoms with E-state index in [1.807, 2.05) is 30.3 Å². The van der Waals surface area contributed by atoms with Gasteiger partial charge in [0.15, 0.2) is 5.76 Å². The van der Waals surface area contributed by atoms with E-state index in [0.717, 1.165) is 5.56 Å². The quantitative estimate of drug-likeness (QED) is 0.362. The number of hydrogen-bond acceptors (Lipinski definition) is 4. The number of rotatable bonds is 4. The lowest BCUT2D eigenvalue weighted by atomic mass is 10.0. The number of ketones is 1. The maximum absolute atomic E-state index is 13.1. The van der Waals surface area contributed by atoms with Crippen molar-refractivity contribution in [2.24, 2.45) is 0 Å². The largest absolute Gasteiger partial charge is 0.452 e. The highest BCUT2D eigenvalue weighted by atomic mass is 19.1. The molecule has 4 rings (SSSR count). The van der Waals surface area contributed by atoms with Gasteiger partial charge in [0.2, 0.25) is 5.78 Å². The van der Waals surface area contributed by atoms with Crippen molar-refractivity contribution in [3.63, 3.8) is 0 Å². The molecule has 0 N–H and O–H groups in total. The molecule has 0 fully saturated rings. The number of esters is 1. The molecule has 0 aliphatic carbocycles. The topological polar surface area (TPSA) is 52.6 Å². The number of ether oxygens (including phenoxy) is 2. The highest BCUT2D eigenvalue weighted by Crippen LogP contribution is 2.37. The second kappa shape index (κ2) is 7.72. The second-order valence-electron chi connectivity index (χ2n) is 6.74. The van der Waals surface area contributed by atoms with E-state index in [2.05, 4.69) is 0 Å². The fourth-order valence-corrected chi connectivity index (χ4v) is 3.18. The molecule has 1 aliphatic heterocycles. The van der Waals surface area contributed by atoms with Gasteiger partial charge >= 0.3 is 5.97 Å². The zero-order chi connectivity index (χ0) is 20.4. The summed E-state index contributed by atoms with van der Waals surface area (Å²) in [6, 6.07) is 18.2. The number of halogens is 1. The molecular weight excluding hydrogens is 371 g/mol. The van der Waals surface area contributed by atoms with Gasteiger partial charge in [-0.1, -0.05) is 42.5 Å².